The Bertz CT molecular complexity index is 1620. The van der Waals surface area contributed by atoms with Crippen LogP contribution >= 0.6 is 11.3 Å². The zero-order valence-corrected chi connectivity index (χ0v) is 30.5. The van der Waals surface area contributed by atoms with Crippen LogP contribution in [0.2, 0.25) is 0 Å². The summed E-state index contributed by atoms with van der Waals surface area (Å²) in [6.45, 7) is 14.1. The SMILES string of the molecule is CCN(CC)c1ccc(-c2nc(-n3nc(C)cc3C)nc(-n3nc(C)cc3C)n2)cc1.OC(CC(O)C(F)(F)F)c1cccs1.[Nd+3]. The molecule has 0 saturated carbocycles. The van der Waals surface area contributed by atoms with E-state index in [2.05, 4.69) is 53.2 Å². The van der Waals surface area contributed by atoms with Crippen LogP contribution in [-0.2, 0) is 0 Å². The summed E-state index contributed by atoms with van der Waals surface area (Å²) in [4.78, 5) is 16.9. The molecule has 5 aromatic rings. The Labute approximate surface area is 302 Å². The van der Waals surface area contributed by atoms with Gasteiger partial charge in [0.25, 0.3) is 11.9 Å². The van der Waals surface area contributed by atoms with Gasteiger partial charge in [-0.15, -0.1) is 11.3 Å². The van der Waals surface area contributed by atoms with Crippen molar-refractivity contribution in [1.29, 1.82) is 0 Å². The number of hydrogen-bond acceptors (Lipinski definition) is 9. The fraction of sp³-hybridized carbons (Fsp3) is 0.387. The Kier molecular flexibility index (Phi) is 13.4. The number of aromatic nitrogens is 7. The molecule has 2 N–H and O–H groups in total. The van der Waals surface area contributed by atoms with Gasteiger partial charge >= 0.3 is 47.0 Å². The van der Waals surface area contributed by atoms with Crippen molar-refractivity contribution in [1.82, 2.24) is 34.5 Å². The van der Waals surface area contributed by atoms with E-state index in [9.17, 15) is 18.3 Å². The van der Waals surface area contributed by atoms with Crippen molar-refractivity contribution in [3.8, 4) is 23.3 Å². The normalized spacial score (nSPS) is 12.6. The number of aliphatic hydroxyl groups excluding tert-OH is 2. The summed E-state index contributed by atoms with van der Waals surface area (Å²) in [5.41, 5.74) is 5.85. The summed E-state index contributed by atoms with van der Waals surface area (Å²) < 4.78 is 39.2. The number of rotatable bonds is 9. The van der Waals surface area contributed by atoms with Crippen LogP contribution in [0.1, 0.15) is 54.0 Å². The molecule has 5 rings (SSSR count). The molecule has 0 bridgehead atoms. The van der Waals surface area contributed by atoms with Crippen LogP contribution in [-0.4, -0.2) is 70.1 Å². The molecule has 10 nitrogen and oxygen atoms in total. The second kappa shape index (κ2) is 16.4. The molecular formula is C31H37F3N8NdO2S+3. The van der Waals surface area contributed by atoms with Crippen molar-refractivity contribution in [2.24, 2.45) is 0 Å². The third-order valence-corrected chi connectivity index (χ3v) is 7.93. The molecule has 1 radical (unpaired) electrons. The Morgan fingerprint density at radius 2 is 1.35 bits per heavy atom. The number of anilines is 1. The molecule has 0 aliphatic carbocycles. The van der Waals surface area contributed by atoms with Gasteiger partial charge in [0.05, 0.1) is 17.5 Å². The van der Waals surface area contributed by atoms with Crippen molar-refractivity contribution in [2.45, 2.75) is 66.3 Å². The molecular weight excluding hydrogens is 750 g/mol. The van der Waals surface area contributed by atoms with E-state index in [4.69, 9.17) is 20.1 Å². The molecule has 2 unspecified atom stereocenters. The van der Waals surface area contributed by atoms with Gasteiger partial charge in [-0.3, -0.25) is 0 Å². The molecule has 0 spiro atoms. The van der Waals surface area contributed by atoms with E-state index in [1.54, 1.807) is 20.8 Å². The number of hydrogen-bond donors (Lipinski definition) is 2. The van der Waals surface area contributed by atoms with Gasteiger partial charge in [-0.2, -0.15) is 38.3 Å². The molecule has 241 valence electrons. The maximum Gasteiger partial charge on any atom is 3.00 e. The Morgan fingerprint density at radius 1 is 0.826 bits per heavy atom. The van der Waals surface area contributed by atoms with Gasteiger partial charge in [-0.1, -0.05) is 6.07 Å². The van der Waals surface area contributed by atoms with Gasteiger partial charge in [-0.05, 0) is 89.4 Å². The van der Waals surface area contributed by atoms with Gasteiger partial charge < -0.3 is 15.1 Å². The van der Waals surface area contributed by atoms with Crippen LogP contribution < -0.4 is 4.90 Å². The maximum atomic E-state index is 11.9. The standard InChI is InChI=1S/C23H28N8.C8H9F3O2S.Nd/c1-7-29(8-2)20-11-9-19(10-12-20)21-24-22(30-17(5)13-15(3)27-30)26-23(25-21)31-18(6)14-16(4)28-31;9-8(10,11)7(13)4-5(12)6-2-1-3-14-6;/h9-14H,7-8H2,1-6H3;1-3,5,7,12-13H,4H2;/q;;+3. The van der Waals surface area contributed by atoms with Crippen LogP contribution in [0.25, 0.3) is 23.3 Å². The molecule has 0 saturated heterocycles. The zero-order chi connectivity index (χ0) is 32.9. The summed E-state index contributed by atoms with van der Waals surface area (Å²) in [7, 11) is 0. The Hall–Kier alpha value is -2.79. The third kappa shape index (κ3) is 9.40. The largest absolute Gasteiger partial charge is 3.00 e. The van der Waals surface area contributed by atoms with Gasteiger partial charge in [0.1, 0.15) is 0 Å². The van der Waals surface area contributed by atoms with Gasteiger partial charge in [-0.25, -0.2) is 9.36 Å². The minimum Gasteiger partial charge on any atom is -0.387 e. The molecule has 1 aromatic carbocycles. The van der Waals surface area contributed by atoms with Gasteiger partial charge in [0.15, 0.2) is 11.9 Å². The van der Waals surface area contributed by atoms with Crippen molar-refractivity contribution in [2.75, 3.05) is 18.0 Å². The van der Waals surface area contributed by atoms with Crippen molar-refractivity contribution < 1.29 is 64.2 Å². The summed E-state index contributed by atoms with van der Waals surface area (Å²) in [5, 5.41) is 28.7. The Balaban J connectivity index is 0.000000324. The number of aliphatic hydroxyl groups is 2. The monoisotopic (exact) mass is 784 g/mol. The van der Waals surface area contributed by atoms with Crippen LogP contribution in [0.15, 0.2) is 53.9 Å². The van der Waals surface area contributed by atoms with Crippen molar-refractivity contribution >= 4 is 17.0 Å². The van der Waals surface area contributed by atoms with E-state index >= 15 is 0 Å². The molecule has 0 fully saturated rings. The van der Waals surface area contributed by atoms with Crippen molar-refractivity contribution in [3.63, 3.8) is 0 Å². The van der Waals surface area contributed by atoms with Crippen LogP contribution in [0.5, 0.6) is 0 Å². The summed E-state index contributed by atoms with van der Waals surface area (Å²) in [6.07, 6.45) is -9.12. The Morgan fingerprint density at radius 3 is 1.74 bits per heavy atom. The molecule has 2 atom stereocenters. The van der Waals surface area contributed by atoms with E-state index in [0.717, 1.165) is 52.8 Å². The maximum absolute atomic E-state index is 11.9. The molecule has 0 aliphatic heterocycles. The minimum absolute atomic E-state index is 0. The average molecular weight is 787 g/mol. The number of nitrogens with zero attached hydrogens (tertiary/aromatic N) is 8. The van der Waals surface area contributed by atoms with E-state index in [-0.39, 0.29) is 40.8 Å². The summed E-state index contributed by atoms with van der Waals surface area (Å²) in [5.74, 6) is 1.54. The predicted octanol–water partition coefficient (Wildman–Crippen LogP) is 6.08. The van der Waals surface area contributed by atoms with Crippen molar-refractivity contribution in [3.05, 3.63) is 81.6 Å². The van der Waals surface area contributed by atoms with Crippen LogP contribution in [0.3, 0.4) is 0 Å². The van der Waals surface area contributed by atoms with Gasteiger partial charge in [0.2, 0.25) is 0 Å². The zero-order valence-electron chi connectivity index (χ0n) is 26.5. The smallest absolute Gasteiger partial charge is 0.387 e. The topological polar surface area (TPSA) is 118 Å². The van der Waals surface area contributed by atoms with Gasteiger partial charge in [0, 0.05) is 47.0 Å². The summed E-state index contributed by atoms with van der Waals surface area (Å²) in [6, 6.07) is 15.5. The molecule has 15 heteroatoms. The molecule has 4 aromatic heterocycles. The minimum atomic E-state index is -4.67. The predicted molar refractivity (Wildman–Crippen MR) is 168 cm³/mol. The first-order valence-electron chi connectivity index (χ1n) is 14.5. The molecule has 0 aliphatic rings. The number of aryl methyl sites for hydroxylation is 4. The average Bonchev–Trinajstić information content (AvgIpc) is 3.74. The summed E-state index contributed by atoms with van der Waals surface area (Å²) >= 11 is 1.16. The fourth-order valence-corrected chi connectivity index (χ4v) is 5.41. The third-order valence-electron chi connectivity index (χ3n) is 6.96. The number of thiophene rings is 1. The van der Waals surface area contributed by atoms with Crippen LogP contribution in [0, 0.1) is 68.5 Å². The number of halogens is 3. The molecule has 46 heavy (non-hydrogen) atoms. The van der Waals surface area contributed by atoms with Crippen LogP contribution in [0.4, 0.5) is 18.9 Å². The van der Waals surface area contributed by atoms with E-state index < -0.39 is 24.8 Å². The molecule has 4 heterocycles. The fourth-order valence-electron chi connectivity index (χ4n) is 4.69. The second-order valence-corrected chi connectivity index (χ2v) is 11.5. The first kappa shape index (κ1) is 37.7. The first-order chi connectivity index (χ1) is 21.3. The molecule has 0 amide bonds. The first-order valence-corrected chi connectivity index (χ1v) is 15.3. The number of benzene rings is 1. The van der Waals surface area contributed by atoms with E-state index in [1.807, 2.05) is 39.8 Å². The number of alkyl halides is 3. The van der Waals surface area contributed by atoms with E-state index in [1.165, 1.54) is 11.8 Å². The van der Waals surface area contributed by atoms with E-state index in [0.29, 0.717) is 22.6 Å². The quantitative estimate of drug-likeness (QED) is 0.185. The second-order valence-electron chi connectivity index (χ2n) is 10.5.